The quantitative estimate of drug-likeness (QED) is 0.470. The lowest BCUT2D eigenvalue weighted by molar-refractivity contribution is -0.293. The SMILES string of the molecule is FC(F)(F)C(F)(F)c1nnc2ccc(Sc3nc4ccccc4s3)nn12. The van der Waals surface area contributed by atoms with Gasteiger partial charge in [-0.2, -0.15) is 31.6 Å². The summed E-state index contributed by atoms with van der Waals surface area (Å²) in [6.07, 6.45) is -5.80. The zero-order chi connectivity index (χ0) is 18.5. The van der Waals surface area contributed by atoms with Gasteiger partial charge in [0.15, 0.2) is 9.99 Å². The molecule has 0 N–H and O–H groups in total. The number of alkyl halides is 5. The number of thiazole rings is 1. The number of nitrogens with zero attached hydrogens (tertiary/aromatic N) is 5. The standard InChI is InChI=1S/C14H6F5N5S2/c15-13(16,14(17,18)19)11-22-21-9-5-6-10(23-24(9)11)26-12-20-7-3-1-2-4-8(7)25-12/h1-6H. The van der Waals surface area contributed by atoms with Crippen LogP contribution in [0.1, 0.15) is 5.82 Å². The first kappa shape index (κ1) is 17.1. The number of para-hydroxylation sites is 1. The Morgan fingerprint density at radius 2 is 1.73 bits per heavy atom. The maximum Gasteiger partial charge on any atom is 0.461 e. The lowest BCUT2D eigenvalue weighted by atomic mass is 10.3. The zero-order valence-electron chi connectivity index (χ0n) is 12.4. The average molecular weight is 403 g/mol. The van der Waals surface area contributed by atoms with E-state index in [1.165, 1.54) is 23.5 Å². The van der Waals surface area contributed by atoms with Gasteiger partial charge in [0.05, 0.1) is 10.2 Å². The molecule has 4 aromatic rings. The minimum atomic E-state index is -5.80. The molecule has 0 aliphatic rings. The number of rotatable bonds is 3. The summed E-state index contributed by atoms with van der Waals surface area (Å²) in [7, 11) is 0. The van der Waals surface area contributed by atoms with Crippen LogP contribution in [0, 0.1) is 0 Å². The summed E-state index contributed by atoms with van der Waals surface area (Å²) in [5, 5.41) is 10.3. The number of halogens is 5. The van der Waals surface area contributed by atoms with Crippen molar-refractivity contribution in [3.63, 3.8) is 0 Å². The van der Waals surface area contributed by atoms with E-state index in [4.69, 9.17) is 0 Å². The van der Waals surface area contributed by atoms with E-state index >= 15 is 0 Å². The molecule has 5 nitrogen and oxygen atoms in total. The summed E-state index contributed by atoms with van der Waals surface area (Å²) < 4.78 is 67.0. The first-order valence-corrected chi connectivity index (χ1v) is 8.60. The Kier molecular flexibility index (Phi) is 3.84. The largest absolute Gasteiger partial charge is 0.461 e. The van der Waals surface area contributed by atoms with Gasteiger partial charge in [-0.05, 0) is 36.0 Å². The first-order chi connectivity index (χ1) is 12.3. The molecule has 0 saturated carbocycles. The average Bonchev–Trinajstić information content (AvgIpc) is 3.16. The highest BCUT2D eigenvalue weighted by molar-refractivity contribution is 8.01. The zero-order valence-corrected chi connectivity index (χ0v) is 14.0. The molecular formula is C14H6F5N5S2. The number of fused-ring (bicyclic) bond motifs is 2. The highest BCUT2D eigenvalue weighted by atomic mass is 32.2. The van der Waals surface area contributed by atoms with Gasteiger partial charge in [-0.1, -0.05) is 12.1 Å². The van der Waals surface area contributed by atoms with E-state index in [0.29, 0.717) is 8.86 Å². The molecule has 1 aromatic carbocycles. The van der Waals surface area contributed by atoms with Gasteiger partial charge < -0.3 is 0 Å². The Hall–Kier alpha value is -2.34. The van der Waals surface area contributed by atoms with Gasteiger partial charge in [0.2, 0.25) is 5.82 Å². The molecule has 0 fully saturated rings. The van der Waals surface area contributed by atoms with Crippen molar-refractivity contribution in [2.24, 2.45) is 0 Å². The van der Waals surface area contributed by atoms with Crippen LogP contribution in [0.25, 0.3) is 15.9 Å². The van der Waals surface area contributed by atoms with Crippen molar-refractivity contribution < 1.29 is 22.0 Å². The second-order valence-electron chi connectivity index (χ2n) is 5.09. The molecule has 3 aromatic heterocycles. The van der Waals surface area contributed by atoms with Crippen LogP contribution >= 0.6 is 23.1 Å². The highest BCUT2D eigenvalue weighted by Gasteiger charge is 2.62. The van der Waals surface area contributed by atoms with E-state index in [0.717, 1.165) is 22.0 Å². The van der Waals surface area contributed by atoms with Crippen molar-refractivity contribution in [3.8, 4) is 0 Å². The number of benzene rings is 1. The monoisotopic (exact) mass is 403 g/mol. The van der Waals surface area contributed by atoms with Crippen LogP contribution in [-0.2, 0) is 5.92 Å². The fraction of sp³-hybridized carbons (Fsp3) is 0.143. The van der Waals surface area contributed by atoms with Gasteiger partial charge in [-0.15, -0.1) is 21.5 Å². The van der Waals surface area contributed by atoms with Crippen LogP contribution in [0.3, 0.4) is 0 Å². The van der Waals surface area contributed by atoms with Gasteiger partial charge in [0.25, 0.3) is 0 Å². The summed E-state index contributed by atoms with van der Waals surface area (Å²) in [5.74, 6) is -6.75. The van der Waals surface area contributed by atoms with E-state index < -0.39 is 17.9 Å². The molecule has 12 heteroatoms. The summed E-state index contributed by atoms with van der Waals surface area (Å²) in [6.45, 7) is 0. The Balaban J connectivity index is 1.74. The Bertz CT molecular complexity index is 1070. The van der Waals surface area contributed by atoms with Crippen molar-refractivity contribution in [1.29, 1.82) is 0 Å². The molecule has 4 rings (SSSR count). The van der Waals surface area contributed by atoms with Crippen LogP contribution < -0.4 is 0 Å². The highest BCUT2D eigenvalue weighted by Crippen LogP contribution is 2.43. The molecule has 0 amide bonds. The maximum atomic E-state index is 13.6. The third kappa shape index (κ3) is 2.78. The molecule has 0 aliphatic heterocycles. The lowest BCUT2D eigenvalue weighted by Gasteiger charge is -2.17. The summed E-state index contributed by atoms with van der Waals surface area (Å²) in [5.41, 5.74) is 0.548. The lowest BCUT2D eigenvalue weighted by Crippen LogP contribution is -2.36. The van der Waals surface area contributed by atoms with Crippen molar-refractivity contribution in [3.05, 3.63) is 42.2 Å². The first-order valence-electron chi connectivity index (χ1n) is 6.96. The van der Waals surface area contributed by atoms with Gasteiger partial charge in [-0.25, -0.2) is 4.98 Å². The molecule has 0 saturated heterocycles. The van der Waals surface area contributed by atoms with Gasteiger partial charge in [-0.3, -0.25) is 0 Å². The second-order valence-corrected chi connectivity index (χ2v) is 7.39. The molecule has 0 atom stereocenters. The number of hydrogen-bond acceptors (Lipinski definition) is 6. The van der Waals surface area contributed by atoms with Gasteiger partial charge in [0, 0.05) is 0 Å². The normalized spacial score (nSPS) is 13.0. The van der Waals surface area contributed by atoms with Crippen molar-refractivity contribution in [2.75, 3.05) is 0 Å². The third-order valence-electron chi connectivity index (χ3n) is 3.34. The van der Waals surface area contributed by atoms with Crippen LogP contribution in [0.4, 0.5) is 22.0 Å². The Morgan fingerprint density at radius 3 is 2.46 bits per heavy atom. The minimum Gasteiger partial charge on any atom is -0.229 e. The fourth-order valence-electron chi connectivity index (χ4n) is 2.13. The predicted octanol–water partition coefficient (Wildman–Crippen LogP) is 4.54. The van der Waals surface area contributed by atoms with Crippen molar-refractivity contribution >= 4 is 39.0 Å². The number of aromatic nitrogens is 5. The van der Waals surface area contributed by atoms with Crippen LogP contribution in [0.5, 0.6) is 0 Å². The van der Waals surface area contributed by atoms with Crippen LogP contribution in [0.2, 0.25) is 0 Å². The van der Waals surface area contributed by atoms with Crippen molar-refractivity contribution in [1.82, 2.24) is 24.8 Å². The molecule has 26 heavy (non-hydrogen) atoms. The summed E-state index contributed by atoms with van der Waals surface area (Å²) in [6, 6.07) is 10.1. The van der Waals surface area contributed by atoms with Gasteiger partial charge >= 0.3 is 12.1 Å². The van der Waals surface area contributed by atoms with E-state index in [1.54, 1.807) is 0 Å². The summed E-state index contributed by atoms with van der Waals surface area (Å²) in [4.78, 5) is 4.36. The molecule has 0 bridgehead atoms. The summed E-state index contributed by atoms with van der Waals surface area (Å²) >= 11 is 2.41. The molecule has 0 aliphatic carbocycles. The van der Waals surface area contributed by atoms with E-state index in [9.17, 15) is 22.0 Å². The second kappa shape index (κ2) is 5.84. The van der Waals surface area contributed by atoms with Crippen molar-refractivity contribution in [2.45, 2.75) is 21.5 Å². The molecule has 134 valence electrons. The van der Waals surface area contributed by atoms with E-state index in [-0.39, 0.29) is 10.7 Å². The Labute approximate surface area is 149 Å². The molecular weight excluding hydrogens is 397 g/mol. The Morgan fingerprint density at radius 1 is 0.962 bits per heavy atom. The molecule has 3 heterocycles. The fourth-order valence-corrected chi connectivity index (χ4v) is 4.10. The molecule has 0 radical (unpaired) electrons. The van der Waals surface area contributed by atoms with Gasteiger partial charge in [0.1, 0.15) is 5.03 Å². The van der Waals surface area contributed by atoms with Crippen LogP contribution in [-0.4, -0.2) is 31.0 Å². The molecule has 0 spiro atoms. The van der Waals surface area contributed by atoms with E-state index in [1.807, 2.05) is 24.3 Å². The minimum absolute atomic E-state index is 0.190. The molecule has 0 unspecified atom stereocenters. The predicted molar refractivity (Wildman–Crippen MR) is 84.5 cm³/mol. The number of hydrogen-bond donors (Lipinski definition) is 0. The topological polar surface area (TPSA) is 56.0 Å². The van der Waals surface area contributed by atoms with E-state index in [2.05, 4.69) is 20.3 Å². The van der Waals surface area contributed by atoms with Crippen LogP contribution in [0.15, 0.2) is 45.8 Å². The third-order valence-corrected chi connectivity index (χ3v) is 5.37. The smallest absolute Gasteiger partial charge is 0.229 e. The maximum absolute atomic E-state index is 13.6.